The second kappa shape index (κ2) is 9.78. The quantitative estimate of drug-likeness (QED) is 0.517. The maximum Gasteiger partial charge on any atom is 0.407 e. The largest absolute Gasteiger partial charge is 0.465 e. The van der Waals surface area contributed by atoms with E-state index in [1.807, 2.05) is 30.3 Å². The minimum atomic E-state index is -0.486. The maximum atomic E-state index is 11.6. The van der Waals surface area contributed by atoms with E-state index in [-0.39, 0.29) is 6.61 Å². The van der Waals surface area contributed by atoms with Crippen LogP contribution in [0, 0.1) is 11.8 Å². The molecule has 25 heavy (non-hydrogen) atoms. The molecule has 0 aliphatic heterocycles. The van der Waals surface area contributed by atoms with Crippen LogP contribution >= 0.6 is 0 Å². The van der Waals surface area contributed by atoms with Gasteiger partial charge in [-0.05, 0) is 17.7 Å². The number of methoxy groups -OCH3 is 1. The average molecular weight is 337 g/mol. The SMILES string of the molecule is COC(=O)c1ccccc1C#CCCNC(=O)OCc1ccccc1. The summed E-state index contributed by atoms with van der Waals surface area (Å²) in [5.74, 6) is 5.42. The molecule has 2 aromatic carbocycles. The molecule has 5 heteroatoms. The molecule has 0 saturated heterocycles. The van der Waals surface area contributed by atoms with Gasteiger partial charge in [-0.25, -0.2) is 9.59 Å². The molecule has 0 spiro atoms. The molecule has 1 amide bonds. The maximum absolute atomic E-state index is 11.6. The first kappa shape index (κ1) is 18.1. The molecule has 0 aliphatic rings. The molecule has 2 rings (SSSR count). The lowest BCUT2D eigenvalue weighted by molar-refractivity contribution is 0.0600. The summed E-state index contributed by atoms with van der Waals surface area (Å²) in [5.41, 5.74) is 1.95. The molecule has 0 saturated carbocycles. The summed E-state index contributed by atoms with van der Waals surface area (Å²) in [6.07, 6.45) is -0.0451. The Morgan fingerprint density at radius 3 is 2.52 bits per heavy atom. The van der Waals surface area contributed by atoms with Gasteiger partial charge >= 0.3 is 12.1 Å². The fourth-order valence-corrected chi connectivity index (χ4v) is 2.04. The van der Waals surface area contributed by atoms with E-state index in [0.717, 1.165) is 5.56 Å². The Bertz CT molecular complexity index is 775. The van der Waals surface area contributed by atoms with Crippen LogP contribution in [0.1, 0.15) is 27.9 Å². The number of ether oxygens (including phenoxy) is 2. The molecule has 5 nitrogen and oxygen atoms in total. The average Bonchev–Trinajstić information content (AvgIpc) is 2.66. The Hall–Kier alpha value is -3.26. The van der Waals surface area contributed by atoms with Gasteiger partial charge in [-0.3, -0.25) is 0 Å². The zero-order chi connectivity index (χ0) is 17.9. The summed E-state index contributed by atoms with van der Waals surface area (Å²) in [6, 6.07) is 16.4. The van der Waals surface area contributed by atoms with Gasteiger partial charge in [0, 0.05) is 18.5 Å². The van der Waals surface area contributed by atoms with Gasteiger partial charge in [0.15, 0.2) is 0 Å². The van der Waals surface area contributed by atoms with E-state index in [0.29, 0.717) is 24.1 Å². The van der Waals surface area contributed by atoms with Gasteiger partial charge in [-0.2, -0.15) is 0 Å². The molecular formula is C20H19NO4. The van der Waals surface area contributed by atoms with E-state index in [2.05, 4.69) is 17.2 Å². The van der Waals surface area contributed by atoms with Crippen molar-refractivity contribution in [3.8, 4) is 11.8 Å². The minimum absolute atomic E-state index is 0.227. The molecule has 0 aromatic heterocycles. The highest BCUT2D eigenvalue weighted by Crippen LogP contribution is 2.08. The molecule has 0 bridgehead atoms. The predicted octanol–water partition coefficient (Wildman–Crippen LogP) is 3.14. The summed E-state index contributed by atoms with van der Waals surface area (Å²) >= 11 is 0. The van der Waals surface area contributed by atoms with Gasteiger partial charge in [0.05, 0.1) is 12.7 Å². The molecule has 0 atom stereocenters. The van der Waals surface area contributed by atoms with E-state index in [1.54, 1.807) is 24.3 Å². The number of nitrogens with one attached hydrogen (secondary N) is 1. The topological polar surface area (TPSA) is 64.6 Å². The van der Waals surface area contributed by atoms with Crippen molar-refractivity contribution < 1.29 is 19.1 Å². The van der Waals surface area contributed by atoms with Crippen molar-refractivity contribution in [3.05, 3.63) is 71.3 Å². The summed E-state index contributed by atoms with van der Waals surface area (Å²) in [5, 5.41) is 2.63. The van der Waals surface area contributed by atoms with Crippen LogP contribution in [-0.4, -0.2) is 25.7 Å². The molecule has 0 heterocycles. The second-order valence-electron chi connectivity index (χ2n) is 5.08. The zero-order valence-corrected chi connectivity index (χ0v) is 14.0. The fourth-order valence-electron chi connectivity index (χ4n) is 2.04. The first-order chi connectivity index (χ1) is 12.2. The first-order valence-corrected chi connectivity index (χ1v) is 7.81. The van der Waals surface area contributed by atoms with E-state index in [4.69, 9.17) is 9.47 Å². The Kier molecular flexibility index (Phi) is 7.08. The van der Waals surface area contributed by atoms with Crippen LogP contribution in [-0.2, 0) is 16.1 Å². The fraction of sp³-hybridized carbons (Fsp3) is 0.200. The number of carbonyl (C=O) groups is 2. The third-order valence-electron chi connectivity index (χ3n) is 3.29. The summed E-state index contributed by atoms with van der Waals surface area (Å²) in [4.78, 5) is 23.2. The van der Waals surface area contributed by atoms with Crippen molar-refractivity contribution >= 4 is 12.1 Å². The molecule has 128 valence electrons. The van der Waals surface area contributed by atoms with Crippen LogP contribution in [0.25, 0.3) is 0 Å². The van der Waals surface area contributed by atoms with Gasteiger partial charge in [-0.15, -0.1) is 0 Å². The predicted molar refractivity (Wildman–Crippen MR) is 93.9 cm³/mol. The smallest absolute Gasteiger partial charge is 0.407 e. The second-order valence-corrected chi connectivity index (χ2v) is 5.08. The van der Waals surface area contributed by atoms with Crippen molar-refractivity contribution in [2.75, 3.05) is 13.7 Å². The van der Waals surface area contributed by atoms with Gasteiger partial charge in [0.2, 0.25) is 0 Å². The molecular weight excluding hydrogens is 318 g/mol. The lowest BCUT2D eigenvalue weighted by Crippen LogP contribution is -2.24. The number of amides is 1. The Labute approximate surface area is 147 Å². The highest BCUT2D eigenvalue weighted by molar-refractivity contribution is 5.92. The van der Waals surface area contributed by atoms with Crippen molar-refractivity contribution in [3.63, 3.8) is 0 Å². The third kappa shape index (κ3) is 6.04. The zero-order valence-electron chi connectivity index (χ0n) is 14.0. The van der Waals surface area contributed by atoms with E-state index in [1.165, 1.54) is 7.11 Å². The third-order valence-corrected chi connectivity index (χ3v) is 3.29. The van der Waals surface area contributed by atoms with Crippen molar-refractivity contribution in [1.82, 2.24) is 5.32 Å². The Balaban J connectivity index is 1.76. The molecule has 0 unspecified atom stereocenters. The van der Waals surface area contributed by atoms with Crippen LogP contribution in [0.2, 0.25) is 0 Å². The molecule has 1 N–H and O–H groups in total. The number of carbonyl (C=O) groups excluding carboxylic acids is 2. The van der Waals surface area contributed by atoms with Gasteiger partial charge in [0.1, 0.15) is 6.61 Å². The number of rotatable bonds is 5. The highest BCUT2D eigenvalue weighted by atomic mass is 16.5. The molecule has 0 radical (unpaired) electrons. The van der Waals surface area contributed by atoms with Crippen LogP contribution < -0.4 is 5.32 Å². The number of alkyl carbamates (subject to hydrolysis) is 1. The summed E-state index contributed by atoms with van der Waals surface area (Å²) in [7, 11) is 1.33. The standard InChI is InChI=1S/C20H19NO4/c1-24-19(22)18-13-6-5-11-17(18)12-7-8-14-21-20(23)25-15-16-9-3-2-4-10-16/h2-6,9-11,13H,8,14-15H2,1H3,(H,21,23). The van der Waals surface area contributed by atoms with Crippen molar-refractivity contribution in [2.24, 2.45) is 0 Å². The molecule has 0 aliphatic carbocycles. The lowest BCUT2D eigenvalue weighted by atomic mass is 10.1. The van der Waals surface area contributed by atoms with Crippen molar-refractivity contribution in [1.29, 1.82) is 0 Å². The van der Waals surface area contributed by atoms with Crippen molar-refractivity contribution in [2.45, 2.75) is 13.0 Å². The van der Waals surface area contributed by atoms with Crippen LogP contribution in [0.4, 0.5) is 4.79 Å². The minimum Gasteiger partial charge on any atom is -0.465 e. The Morgan fingerprint density at radius 1 is 1.04 bits per heavy atom. The van der Waals surface area contributed by atoms with Gasteiger partial charge in [0.25, 0.3) is 0 Å². The summed E-state index contributed by atoms with van der Waals surface area (Å²) < 4.78 is 9.82. The molecule has 0 fully saturated rings. The lowest BCUT2D eigenvalue weighted by Gasteiger charge is -2.05. The number of benzene rings is 2. The molecule has 2 aromatic rings. The van der Waals surface area contributed by atoms with Crippen LogP contribution in [0.5, 0.6) is 0 Å². The normalized spacial score (nSPS) is 9.48. The summed E-state index contributed by atoms with van der Waals surface area (Å²) in [6.45, 7) is 0.589. The van der Waals surface area contributed by atoms with E-state index in [9.17, 15) is 9.59 Å². The van der Waals surface area contributed by atoms with Crippen LogP contribution in [0.3, 0.4) is 0 Å². The Morgan fingerprint density at radius 2 is 1.76 bits per heavy atom. The van der Waals surface area contributed by atoms with E-state index >= 15 is 0 Å². The van der Waals surface area contributed by atoms with Gasteiger partial charge in [-0.1, -0.05) is 54.3 Å². The monoisotopic (exact) mass is 337 g/mol. The van der Waals surface area contributed by atoms with E-state index < -0.39 is 12.1 Å². The van der Waals surface area contributed by atoms with Gasteiger partial charge < -0.3 is 14.8 Å². The first-order valence-electron chi connectivity index (χ1n) is 7.81. The number of hydrogen-bond donors (Lipinski definition) is 1. The number of hydrogen-bond acceptors (Lipinski definition) is 4. The highest BCUT2D eigenvalue weighted by Gasteiger charge is 2.08. The number of esters is 1. The van der Waals surface area contributed by atoms with Crippen LogP contribution in [0.15, 0.2) is 54.6 Å².